The standard InChI is InChI=1S/C17H21F3N4O2/c1-8-3-4-24(8)16-21-14(17(18,19)20)9(2)15(22-16)23-6-11-10(5-13(25)26)12(11)7-23/h8,10-12H,3-7H2,1-2H3,(H,25,26)/t8-,10?,11?,12?/m0/s1. The van der Waals surface area contributed by atoms with Gasteiger partial charge in [0.05, 0.1) is 0 Å². The number of carbonyl (C=O) groups is 1. The number of hydrogen-bond acceptors (Lipinski definition) is 5. The second kappa shape index (κ2) is 5.72. The van der Waals surface area contributed by atoms with Crippen LogP contribution >= 0.6 is 0 Å². The highest BCUT2D eigenvalue weighted by molar-refractivity contribution is 5.68. The first-order valence-corrected chi connectivity index (χ1v) is 8.86. The van der Waals surface area contributed by atoms with Crippen LogP contribution in [0.25, 0.3) is 0 Å². The number of hydrogen-bond donors (Lipinski definition) is 1. The van der Waals surface area contributed by atoms with Gasteiger partial charge in [0.1, 0.15) is 5.82 Å². The maximum absolute atomic E-state index is 13.5. The third kappa shape index (κ3) is 2.77. The van der Waals surface area contributed by atoms with Crippen LogP contribution in [0.1, 0.15) is 31.0 Å². The molecule has 6 nitrogen and oxygen atoms in total. The van der Waals surface area contributed by atoms with Gasteiger partial charge < -0.3 is 14.9 Å². The van der Waals surface area contributed by atoms with E-state index in [1.807, 2.05) is 11.8 Å². The molecule has 0 spiro atoms. The summed E-state index contributed by atoms with van der Waals surface area (Å²) in [6.07, 6.45) is -3.48. The fourth-order valence-corrected chi connectivity index (χ4v) is 4.35. The topological polar surface area (TPSA) is 69.6 Å². The Balaban J connectivity index is 1.62. The number of piperidine rings is 1. The average molecular weight is 370 g/mol. The van der Waals surface area contributed by atoms with Gasteiger partial charge in [0.2, 0.25) is 5.95 Å². The summed E-state index contributed by atoms with van der Waals surface area (Å²) < 4.78 is 40.4. The zero-order valence-corrected chi connectivity index (χ0v) is 14.6. The van der Waals surface area contributed by atoms with Gasteiger partial charge in [-0.05, 0) is 38.0 Å². The van der Waals surface area contributed by atoms with Crippen LogP contribution in [0.4, 0.5) is 24.9 Å². The van der Waals surface area contributed by atoms with Crippen LogP contribution in [-0.2, 0) is 11.0 Å². The quantitative estimate of drug-likeness (QED) is 0.879. The molecule has 1 aromatic heterocycles. The van der Waals surface area contributed by atoms with Gasteiger partial charge in [0.25, 0.3) is 0 Å². The molecule has 1 N–H and O–H groups in total. The third-order valence-corrected chi connectivity index (χ3v) is 6.03. The molecular weight excluding hydrogens is 349 g/mol. The molecule has 9 heteroatoms. The number of alkyl halides is 3. The van der Waals surface area contributed by atoms with E-state index in [1.165, 1.54) is 6.92 Å². The van der Waals surface area contributed by atoms with E-state index in [0.29, 0.717) is 25.5 Å². The van der Waals surface area contributed by atoms with Crippen LogP contribution in [0.2, 0.25) is 0 Å². The second-order valence-corrected chi connectivity index (χ2v) is 7.64. The molecule has 3 fully saturated rings. The number of carboxylic acids is 1. The van der Waals surface area contributed by atoms with E-state index >= 15 is 0 Å². The Morgan fingerprint density at radius 2 is 1.92 bits per heavy atom. The van der Waals surface area contributed by atoms with Gasteiger partial charge in [-0.15, -0.1) is 0 Å². The molecule has 1 aromatic rings. The summed E-state index contributed by atoms with van der Waals surface area (Å²) in [4.78, 5) is 22.8. The molecule has 2 aliphatic heterocycles. The summed E-state index contributed by atoms with van der Waals surface area (Å²) in [5.41, 5.74) is -0.829. The summed E-state index contributed by atoms with van der Waals surface area (Å²) in [6, 6.07) is 0.138. The first kappa shape index (κ1) is 17.4. The number of rotatable bonds is 4. The van der Waals surface area contributed by atoms with Crippen LogP contribution in [0.5, 0.6) is 0 Å². The van der Waals surface area contributed by atoms with Crippen molar-refractivity contribution in [1.82, 2.24) is 9.97 Å². The van der Waals surface area contributed by atoms with E-state index in [2.05, 4.69) is 9.97 Å². The van der Waals surface area contributed by atoms with Gasteiger partial charge in [0, 0.05) is 37.7 Å². The molecule has 2 unspecified atom stereocenters. The fraction of sp³-hybridized carbons (Fsp3) is 0.706. The molecule has 0 radical (unpaired) electrons. The molecule has 0 amide bonds. The Kier molecular flexibility index (Phi) is 3.82. The van der Waals surface area contributed by atoms with Gasteiger partial charge in [-0.3, -0.25) is 4.79 Å². The number of carboxylic acid groups (broad SMARTS) is 1. The van der Waals surface area contributed by atoms with Crippen molar-refractivity contribution in [2.24, 2.45) is 17.8 Å². The van der Waals surface area contributed by atoms with E-state index in [-0.39, 0.29) is 41.7 Å². The number of aliphatic carboxylic acids is 1. The predicted octanol–water partition coefficient (Wildman–Crippen LogP) is 2.56. The minimum atomic E-state index is -4.53. The predicted molar refractivity (Wildman–Crippen MR) is 88.1 cm³/mol. The number of anilines is 2. The molecule has 0 bridgehead atoms. The summed E-state index contributed by atoms with van der Waals surface area (Å²) in [5.74, 6) is 0.273. The Morgan fingerprint density at radius 3 is 2.38 bits per heavy atom. The minimum Gasteiger partial charge on any atom is -0.481 e. The van der Waals surface area contributed by atoms with Gasteiger partial charge in [-0.1, -0.05) is 0 Å². The van der Waals surface area contributed by atoms with Crippen LogP contribution in [0.15, 0.2) is 0 Å². The minimum absolute atomic E-state index is 0.0468. The number of aromatic nitrogens is 2. The summed E-state index contributed by atoms with van der Waals surface area (Å²) >= 11 is 0. The largest absolute Gasteiger partial charge is 0.481 e. The summed E-state index contributed by atoms with van der Waals surface area (Å²) in [5, 5.41) is 8.92. The van der Waals surface area contributed by atoms with Crippen LogP contribution < -0.4 is 9.80 Å². The molecule has 4 rings (SSSR count). The lowest BCUT2D eigenvalue weighted by Crippen LogP contribution is -2.47. The van der Waals surface area contributed by atoms with Crippen molar-refractivity contribution in [1.29, 1.82) is 0 Å². The molecule has 3 aliphatic rings. The zero-order valence-electron chi connectivity index (χ0n) is 14.6. The Hall–Kier alpha value is -2.06. The molecule has 1 saturated carbocycles. The molecule has 26 heavy (non-hydrogen) atoms. The third-order valence-electron chi connectivity index (χ3n) is 6.03. The first-order chi connectivity index (χ1) is 12.2. The highest BCUT2D eigenvalue weighted by atomic mass is 19.4. The summed E-state index contributed by atoms with van der Waals surface area (Å²) in [6.45, 7) is 5.15. The van der Waals surface area contributed by atoms with Crippen molar-refractivity contribution in [3.63, 3.8) is 0 Å². The fourth-order valence-electron chi connectivity index (χ4n) is 4.35. The lowest BCUT2D eigenvalue weighted by atomic mass is 10.1. The lowest BCUT2D eigenvalue weighted by Gasteiger charge is -2.39. The van der Waals surface area contributed by atoms with Crippen molar-refractivity contribution in [2.45, 2.75) is 38.9 Å². The Bertz CT molecular complexity index is 742. The Morgan fingerprint density at radius 1 is 1.27 bits per heavy atom. The molecule has 1 aliphatic carbocycles. The highest BCUT2D eigenvalue weighted by Crippen LogP contribution is 2.54. The van der Waals surface area contributed by atoms with E-state index < -0.39 is 17.8 Å². The van der Waals surface area contributed by atoms with E-state index in [1.54, 1.807) is 4.90 Å². The smallest absolute Gasteiger partial charge is 0.433 e. The number of nitrogens with zero attached hydrogens (tertiary/aromatic N) is 4. The van der Waals surface area contributed by atoms with Gasteiger partial charge in [-0.2, -0.15) is 18.2 Å². The van der Waals surface area contributed by atoms with E-state index in [9.17, 15) is 18.0 Å². The second-order valence-electron chi connectivity index (χ2n) is 7.64. The van der Waals surface area contributed by atoms with Crippen molar-refractivity contribution in [3.05, 3.63) is 11.3 Å². The van der Waals surface area contributed by atoms with Crippen LogP contribution in [0.3, 0.4) is 0 Å². The van der Waals surface area contributed by atoms with Crippen LogP contribution in [-0.4, -0.2) is 46.7 Å². The molecule has 2 saturated heterocycles. The SMILES string of the molecule is Cc1c(N2CC3C(CC(=O)O)C3C2)nc(N2CC[C@@H]2C)nc1C(F)(F)F. The van der Waals surface area contributed by atoms with E-state index in [0.717, 1.165) is 6.42 Å². The van der Waals surface area contributed by atoms with Crippen molar-refractivity contribution in [2.75, 3.05) is 29.4 Å². The molecule has 3 heterocycles. The van der Waals surface area contributed by atoms with Crippen molar-refractivity contribution in [3.8, 4) is 0 Å². The maximum atomic E-state index is 13.5. The number of halogens is 3. The maximum Gasteiger partial charge on any atom is 0.433 e. The van der Waals surface area contributed by atoms with E-state index in [4.69, 9.17) is 5.11 Å². The average Bonchev–Trinajstić information content (AvgIpc) is 2.96. The normalized spacial score (nSPS) is 30.2. The highest BCUT2D eigenvalue weighted by Gasteiger charge is 2.56. The molecular formula is C17H21F3N4O2. The monoisotopic (exact) mass is 370 g/mol. The zero-order chi connectivity index (χ0) is 18.8. The van der Waals surface area contributed by atoms with Gasteiger partial charge >= 0.3 is 12.1 Å². The van der Waals surface area contributed by atoms with Crippen molar-refractivity contribution < 1.29 is 23.1 Å². The summed E-state index contributed by atoms with van der Waals surface area (Å²) in [7, 11) is 0. The van der Waals surface area contributed by atoms with Crippen LogP contribution in [0, 0.1) is 24.7 Å². The van der Waals surface area contributed by atoms with Gasteiger partial charge in [-0.25, -0.2) is 4.98 Å². The molecule has 3 atom stereocenters. The first-order valence-electron chi connectivity index (χ1n) is 8.86. The lowest BCUT2D eigenvalue weighted by molar-refractivity contribution is -0.141. The molecule has 0 aromatic carbocycles. The Labute approximate surface area is 149 Å². The van der Waals surface area contributed by atoms with Gasteiger partial charge in [0.15, 0.2) is 5.69 Å². The molecule has 142 valence electrons. The van der Waals surface area contributed by atoms with Crippen molar-refractivity contribution >= 4 is 17.7 Å². The number of fused-ring (bicyclic) bond motifs is 1.